The highest BCUT2D eigenvalue weighted by atomic mass is 16.2. The minimum absolute atomic E-state index is 0.0542. The van der Waals surface area contributed by atoms with E-state index >= 15 is 0 Å². The molecule has 0 radical (unpaired) electrons. The lowest BCUT2D eigenvalue weighted by atomic mass is 10.0. The van der Waals surface area contributed by atoms with Crippen LogP contribution >= 0.6 is 0 Å². The van der Waals surface area contributed by atoms with E-state index in [0.717, 1.165) is 31.5 Å². The van der Waals surface area contributed by atoms with E-state index in [0.29, 0.717) is 19.0 Å². The number of benzene rings is 2. The molecule has 0 unspecified atom stereocenters. The molecular formula is C22H29N3O. The quantitative estimate of drug-likeness (QED) is 0.768. The highest BCUT2D eigenvalue weighted by Gasteiger charge is 2.25. The van der Waals surface area contributed by atoms with Gasteiger partial charge in [0.25, 0.3) is 0 Å². The van der Waals surface area contributed by atoms with Gasteiger partial charge in [0, 0.05) is 19.1 Å². The van der Waals surface area contributed by atoms with Crippen molar-refractivity contribution in [2.24, 2.45) is 5.73 Å². The smallest absolute Gasteiger partial charge is 0.239 e. The first-order valence-electron chi connectivity index (χ1n) is 9.58. The molecule has 2 atom stereocenters. The third-order valence-electron chi connectivity index (χ3n) is 5.04. The third-order valence-corrected chi connectivity index (χ3v) is 5.04. The summed E-state index contributed by atoms with van der Waals surface area (Å²) in [7, 11) is 0. The van der Waals surface area contributed by atoms with Crippen LogP contribution in [0, 0.1) is 0 Å². The molecule has 1 aliphatic heterocycles. The van der Waals surface area contributed by atoms with Crippen molar-refractivity contribution in [2.45, 2.75) is 37.8 Å². The molecule has 0 saturated carbocycles. The lowest BCUT2D eigenvalue weighted by Gasteiger charge is -2.28. The van der Waals surface area contributed by atoms with E-state index in [1.54, 1.807) is 0 Å². The number of hydrogen-bond acceptors (Lipinski definition) is 3. The van der Waals surface area contributed by atoms with Crippen LogP contribution in [0.4, 0.5) is 0 Å². The van der Waals surface area contributed by atoms with Crippen LogP contribution in [-0.4, -0.2) is 42.5 Å². The van der Waals surface area contributed by atoms with Gasteiger partial charge in [0.1, 0.15) is 0 Å². The molecular weight excluding hydrogens is 322 g/mol. The molecule has 0 aromatic heterocycles. The van der Waals surface area contributed by atoms with Crippen LogP contribution < -0.4 is 11.1 Å². The van der Waals surface area contributed by atoms with Gasteiger partial charge in [-0.3, -0.25) is 4.79 Å². The maximum Gasteiger partial charge on any atom is 0.239 e. The summed E-state index contributed by atoms with van der Waals surface area (Å²) >= 11 is 0. The fourth-order valence-corrected chi connectivity index (χ4v) is 3.57. The summed E-state index contributed by atoms with van der Waals surface area (Å²) in [6.07, 6.45) is 3.75. The van der Waals surface area contributed by atoms with E-state index in [1.165, 1.54) is 12.0 Å². The van der Waals surface area contributed by atoms with Crippen molar-refractivity contribution >= 4 is 5.91 Å². The van der Waals surface area contributed by atoms with Gasteiger partial charge in [0.2, 0.25) is 5.91 Å². The number of carbonyl (C=O) groups is 1. The van der Waals surface area contributed by atoms with Crippen LogP contribution in [0.15, 0.2) is 60.7 Å². The highest BCUT2D eigenvalue weighted by molar-refractivity contribution is 5.82. The monoisotopic (exact) mass is 351 g/mol. The van der Waals surface area contributed by atoms with Crippen molar-refractivity contribution in [2.75, 3.05) is 19.6 Å². The number of rotatable bonds is 8. The highest BCUT2D eigenvalue weighted by Crippen LogP contribution is 2.11. The Morgan fingerprint density at radius 1 is 1.08 bits per heavy atom. The molecule has 1 saturated heterocycles. The molecule has 1 aliphatic rings. The van der Waals surface area contributed by atoms with Crippen LogP contribution in [0.1, 0.15) is 24.0 Å². The Kier molecular flexibility index (Phi) is 6.81. The second-order valence-corrected chi connectivity index (χ2v) is 7.11. The van der Waals surface area contributed by atoms with E-state index in [4.69, 9.17) is 5.73 Å². The average molecular weight is 351 g/mol. The Labute approximate surface area is 156 Å². The van der Waals surface area contributed by atoms with E-state index in [-0.39, 0.29) is 5.91 Å². The van der Waals surface area contributed by atoms with Crippen molar-refractivity contribution < 1.29 is 4.79 Å². The molecule has 0 aliphatic carbocycles. The lowest BCUT2D eigenvalue weighted by molar-refractivity contribution is -0.132. The zero-order valence-corrected chi connectivity index (χ0v) is 15.3. The molecule has 3 N–H and O–H groups in total. The molecule has 3 rings (SSSR count). The maximum absolute atomic E-state index is 13.0. The number of carbonyl (C=O) groups excluding carboxylic acids is 1. The van der Waals surface area contributed by atoms with Crippen molar-refractivity contribution in [3.63, 3.8) is 0 Å². The van der Waals surface area contributed by atoms with Crippen molar-refractivity contribution in [3.8, 4) is 0 Å². The normalized spacial score (nSPS) is 17.8. The second-order valence-electron chi connectivity index (χ2n) is 7.11. The fourth-order valence-electron chi connectivity index (χ4n) is 3.57. The zero-order valence-electron chi connectivity index (χ0n) is 15.3. The third kappa shape index (κ3) is 5.41. The van der Waals surface area contributed by atoms with Crippen LogP contribution in [0.3, 0.4) is 0 Å². The minimum atomic E-state index is -0.491. The number of nitrogens with two attached hydrogens (primary N) is 1. The van der Waals surface area contributed by atoms with Crippen LogP contribution in [0.2, 0.25) is 0 Å². The molecule has 1 amide bonds. The Balaban J connectivity index is 1.63. The number of amides is 1. The predicted octanol–water partition coefficient (Wildman–Crippen LogP) is 2.38. The molecule has 0 spiro atoms. The second kappa shape index (κ2) is 9.51. The Hall–Kier alpha value is -2.17. The van der Waals surface area contributed by atoms with Crippen LogP contribution in [-0.2, 0) is 17.6 Å². The van der Waals surface area contributed by atoms with Gasteiger partial charge in [0.05, 0.1) is 6.04 Å². The maximum atomic E-state index is 13.0. The van der Waals surface area contributed by atoms with E-state index in [2.05, 4.69) is 17.4 Å². The standard InChI is InChI=1S/C22H29N3O/c23-21(16-19-10-5-2-6-11-19)22(26)25(17-20-12-7-14-24-20)15-13-18-8-3-1-4-9-18/h1-6,8-11,20-21,24H,7,12-17,23H2/t20-,21-/m0/s1. The molecule has 26 heavy (non-hydrogen) atoms. The molecule has 0 bridgehead atoms. The van der Waals surface area contributed by atoms with Crippen LogP contribution in [0.25, 0.3) is 0 Å². The number of nitrogens with zero attached hydrogens (tertiary/aromatic N) is 1. The fraction of sp³-hybridized carbons (Fsp3) is 0.409. The first-order chi connectivity index (χ1) is 12.7. The van der Waals surface area contributed by atoms with Crippen molar-refractivity contribution in [3.05, 3.63) is 71.8 Å². The first kappa shape index (κ1) is 18.6. The topological polar surface area (TPSA) is 58.4 Å². The number of nitrogens with one attached hydrogen (secondary N) is 1. The Morgan fingerprint density at radius 3 is 2.35 bits per heavy atom. The lowest BCUT2D eigenvalue weighted by Crippen LogP contribution is -2.49. The van der Waals surface area contributed by atoms with Gasteiger partial charge in [-0.15, -0.1) is 0 Å². The summed E-state index contributed by atoms with van der Waals surface area (Å²) in [5, 5.41) is 3.49. The first-order valence-corrected chi connectivity index (χ1v) is 9.58. The SMILES string of the molecule is N[C@@H](Cc1ccccc1)C(=O)N(CCc1ccccc1)C[C@@H]1CCCN1. The number of hydrogen-bond donors (Lipinski definition) is 2. The van der Waals surface area contributed by atoms with Gasteiger partial charge >= 0.3 is 0 Å². The average Bonchev–Trinajstić information content (AvgIpc) is 3.19. The van der Waals surface area contributed by atoms with Crippen molar-refractivity contribution in [1.82, 2.24) is 10.2 Å². The van der Waals surface area contributed by atoms with Gasteiger partial charge < -0.3 is 16.0 Å². The summed E-state index contributed by atoms with van der Waals surface area (Å²) in [5.41, 5.74) is 8.64. The van der Waals surface area contributed by atoms with Gasteiger partial charge in [-0.05, 0) is 43.4 Å². The molecule has 4 heteroatoms. The van der Waals surface area contributed by atoms with Gasteiger partial charge in [-0.25, -0.2) is 0 Å². The van der Waals surface area contributed by atoms with Crippen LogP contribution in [0.5, 0.6) is 0 Å². The van der Waals surface area contributed by atoms with E-state index in [9.17, 15) is 4.79 Å². The van der Waals surface area contributed by atoms with E-state index < -0.39 is 6.04 Å². The summed E-state index contributed by atoms with van der Waals surface area (Å²) in [5.74, 6) is 0.0542. The Bertz CT molecular complexity index is 668. The molecule has 4 nitrogen and oxygen atoms in total. The Morgan fingerprint density at radius 2 is 1.73 bits per heavy atom. The van der Waals surface area contributed by atoms with Crippen molar-refractivity contribution in [1.29, 1.82) is 0 Å². The summed E-state index contributed by atoms with van der Waals surface area (Å²) in [6.45, 7) is 2.50. The molecule has 138 valence electrons. The molecule has 2 aromatic carbocycles. The zero-order chi connectivity index (χ0) is 18.2. The van der Waals surface area contributed by atoms with E-state index in [1.807, 2.05) is 53.4 Å². The summed E-state index contributed by atoms with van der Waals surface area (Å²) < 4.78 is 0. The largest absolute Gasteiger partial charge is 0.339 e. The summed E-state index contributed by atoms with van der Waals surface area (Å²) in [6, 6.07) is 20.2. The van der Waals surface area contributed by atoms with Gasteiger partial charge in [-0.1, -0.05) is 60.7 Å². The molecule has 1 heterocycles. The minimum Gasteiger partial charge on any atom is -0.339 e. The summed E-state index contributed by atoms with van der Waals surface area (Å²) in [4.78, 5) is 15.0. The van der Waals surface area contributed by atoms with Gasteiger partial charge in [-0.2, -0.15) is 0 Å². The molecule has 1 fully saturated rings. The van der Waals surface area contributed by atoms with Gasteiger partial charge in [0.15, 0.2) is 0 Å². The molecule has 2 aromatic rings. The predicted molar refractivity (Wildman–Crippen MR) is 106 cm³/mol.